The molecule has 1 fully saturated rings. The lowest BCUT2D eigenvalue weighted by molar-refractivity contribution is 0.0273. The molecule has 1 atom stereocenters. The van der Waals surface area contributed by atoms with Gasteiger partial charge in [0.1, 0.15) is 4.21 Å². The molecule has 0 amide bonds. The van der Waals surface area contributed by atoms with Crippen molar-refractivity contribution in [3.8, 4) is 0 Å². The molecule has 0 spiro atoms. The molecule has 1 saturated carbocycles. The summed E-state index contributed by atoms with van der Waals surface area (Å²) in [6, 6.07) is 7.99. The molecule has 2 N–H and O–H groups in total. The van der Waals surface area contributed by atoms with Crippen LogP contribution in [0.2, 0.25) is 4.34 Å². The van der Waals surface area contributed by atoms with Crippen molar-refractivity contribution in [3.63, 3.8) is 0 Å². The minimum Gasteiger partial charge on any atom is -0.393 e. The number of aliphatic hydroxyl groups is 1. The second-order valence-corrected chi connectivity index (χ2v) is 8.95. The molecule has 2 aromatic heterocycles. The smallest absolute Gasteiger partial charge is 0.250 e. The molecule has 2 aromatic rings. The van der Waals surface area contributed by atoms with Crippen molar-refractivity contribution < 1.29 is 13.5 Å². The van der Waals surface area contributed by atoms with Crippen LogP contribution in [0.15, 0.2) is 40.7 Å². The van der Waals surface area contributed by atoms with Crippen molar-refractivity contribution in [3.05, 3.63) is 46.6 Å². The maximum Gasteiger partial charge on any atom is 0.250 e. The topological polar surface area (TPSA) is 79.3 Å². The number of aliphatic hydroxyl groups excluding tert-OH is 1. The molecule has 5 nitrogen and oxygen atoms in total. The van der Waals surface area contributed by atoms with Crippen LogP contribution in [-0.2, 0) is 10.0 Å². The lowest BCUT2D eigenvalue weighted by atomic mass is 9.76. The normalized spacial score (nSPS) is 23.0. The summed E-state index contributed by atoms with van der Waals surface area (Å²) >= 11 is 6.84. The largest absolute Gasteiger partial charge is 0.393 e. The first-order chi connectivity index (χ1) is 10.5. The Labute approximate surface area is 138 Å². The minimum atomic E-state index is -3.66. The third-order valence-electron chi connectivity index (χ3n) is 3.72. The second kappa shape index (κ2) is 6.25. The van der Waals surface area contributed by atoms with Gasteiger partial charge in [-0.3, -0.25) is 4.98 Å². The minimum absolute atomic E-state index is 0.0371. The van der Waals surface area contributed by atoms with Crippen LogP contribution in [0, 0.1) is 5.92 Å². The highest BCUT2D eigenvalue weighted by Crippen LogP contribution is 2.38. The Hall–Kier alpha value is -0.990. The van der Waals surface area contributed by atoms with Gasteiger partial charge in [0, 0.05) is 6.20 Å². The molecular weight excluding hydrogens is 344 g/mol. The van der Waals surface area contributed by atoms with Crippen molar-refractivity contribution in [1.82, 2.24) is 9.71 Å². The van der Waals surface area contributed by atoms with E-state index >= 15 is 0 Å². The van der Waals surface area contributed by atoms with Gasteiger partial charge in [0.05, 0.1) is 22.2 Å². The van der Waals surface area contributed by atoms with Crippen molar-refractivity contribution >= 4 is 33.0 Å². The Bertz CT molecular complexity index is 742. The maximum atomic E-state index is 12.5. The number of nitrogens with one attached hydrogen (secondary N) is 1. The van der Waals surface area contributed by atoms with Gasteiger partial charge in [0.25, 0.3) is 10.0 Å². The predicted octanol–water partition coefficient (Wildman–Crippen LogP) is 2.59. The highest BCUT2D eigenvalue weighted by Gasteiger charge is 2.38. The van der Waals surface area contributed by atoms with E-state index in [0.717, 1.165) is 11.3 Å². The third-order valence-corrected chi connectivity index (χ3v) is 6.89. The number of sulfonamides is 1. The first-order valence-electron chi connectivity index (χ1n) is 6.82. The Balaban J connectivity index is 1.87. The van der Waals surface area contributed by atoms with E-state index in [-0.39, 0.29) is 16.2 Å². The fourth-order valence-electron chi connectivity index (χ4n) is 2.53. The van der Waals surface area contributed by atoms with Crippen LogP contribution >= 0.6 is 22.9 Å². The molecule has 0 aliphatic heterocycles. The van der Waals surface area contributed by atoms with Crippen molar-refractivity contribution in [1.29, 1.82) is 0 Å². The van der Waals surface area contributed by atoms with E-state index in [2.05, 4.69) is 9.71 Å². The molecule has 1 aliphatic rings. The average molecular weight is 359 g/mol. The van der Waals surface area contributed by atoms with Crippen LogP contribution in [0.1, 0.15) is 24.6 Å². The van der Waals surface area contributed by atoms with Crippen LogP contribution < -0.4 is 4.72 Å². The average Bonchev–Trinajstić information content (AvgIpc) is 2.90. The number of thiophene rings is 1. The number of aromatic nitrogens is 1. The highest BCUT2D eigenvalue weighted by molar-refractivity contribution is 7.91. The van der Waals surface area contributed by atoms with Gasteiger partial charge in [-0.2, -0.15) is 0 Å². The summed E-state index contributed by atoms with van der Waals surface area (Å²) in [7, 11) is -3.66. The molecule has 0 unspecified atom stereocenters. The summed E-state index contributed by atoms with van der Waals surface area (Å²) in [5.74, 6) is 0.0371. The summed E-state index contributed by atoms with van der Waals surface area (Å²) in [6.45, 7) is 0. The van der Waals surface area contributed by atoms with E-state index < -0.39 is 16.1 Å². The zero-order valence-electron chi connectivity index (χ0n) is 11.5. The van der Waals surface area contributed by atoms with Crippen LogP contribution in [0.4, 0.5) is 0 Å². The number of hydrogen-bond donors (Lipinski definition) is 2. The number of pyridine rings is 1. The van der Waals surface area contributed by atoms with Gasteiger partial charge in [-0.25, -0.2) is 13.1 Å². The summed E-state index contributed by atoms with van der Waals surface area (Å²) in [6.07, 6.45) is 2.40. The summed E-state index contributed by atoms with van der Waals surface area (Å²) < 4.78 is 28.3. The summed E-state index contributed by atoms with van der Waals surface area (Å²) in [5.41, 5.74) is 0.658. The molecule has 1 aliphatic carbocycles. The van der Waals surface area contributed by atoms with Gasteiger partial charge >= 0.3 is 0 Å². The number of halogens is 1. The van der Waals surface area contributed by atoms with E-state index in [1.54, 1.807) is 24.4 Å². The van der Waals surface area contributed by atoms with Gasteiger partial charge in [-0.05, 0) is 43.0 Å². The lowest BCUT2D eigenvalue weighted by Crippen LogP contribution is -2.41. The first-order valence-corrected chi connectivity index (χ1v) is 9.50. The van der Waals surface area contributed by atoms with Crippen molar-refractivity contribution in [2.75, 3.05) is 0 Å². The molecular formula is C14H15ClN2O3S2. The Kier molecular flexibility index (Phi) is 4.52. The second-order valence-electron chi connectivity index (χ2n) is 5.30. The maximum absolute atomic E-state index is 12.5. The van der Waals surface area contributed by atoms with Crippen molar-refractivity contribution in [2.24, 2.45) is 5.92 Å². The van der Waals surface area contributed by atoms with Gasteiger partial charge in [-0.1, -0.05) is 17.7 Å². The quantitative estimate of drug-likeness (QED) is 0.861. The predicted molar refractivity (Wildman–Crippen MR) is 85.4 cm³/mol. The SMILES string of the molecule is O=S(=O)(N[C@H](c1ccccn1)C1CC(O)C1)c1ccc(Cl)s1. The standard InChI is InChI=1S/C14H15ClN2O3S2/c15-12-4-5-13(21-12)22(19,20)17-14(9-7-10(18)8-9)11-3-1-2-6-16-11/h1-6,9-10,14,17-18H,7-8H2/t9?,10?,14-/m0/s1. The van der Waals surface area contributed by atoms with Crippen LogP contribution in [-0.4, -0.2) is 24.6 Å². The Morgan fingerprint density at radius 2 is 2.09 bits per heavy atom. The fraction of sp³-hybridized carbons (Fsp3) is 0.357. The molecule has 0 aromatic carbocycles. The highest BCUT2D eigenvalue weighted by atomic mass is 35.5. The van der Waals surface area contributed by atoms with Crippen molar-refractivity contribution in [2.45, 2.75) is 29.2 Å². The summed E-state index contributed by atoms with van der Waals surface area (Å²) in [5, 5.41) is 9.52. The molecule has 0 bridgehead atoms. The van der Waals surface area contributed by atoms with Gasteiger partial charge < -0.3 is 5.11 Å². The Morgan fingerprint density at radius 1 is 1.32 bits per heavy atom. The molecule has 0 radical (unpaired) electrons. The first kappa shape index (κ1) is 15.9. The molecule has 2 heterocycles. The van der Waals surface area contributed by atoms with Crippen LogP contribution in [0.25, 0.3) is 0 Å². The molecule has 3 rings (SSSR count). The molecule has 0 saturated heterocycles. The monoisotopic (exact) mass is 358 g/mol. The number of hydrogen-bond acceptors (Lipinski definition) is 5. The number of rotatable bonds is 5. The third kappa shape index (κ3) is 3.33. The van der Waals surface area contributed by atoms with E-state index in [1.165, 1.54) is 6.07 Å². The van der Waals surface area contributed by atoms with E-state index in [9.17, 15) is 13.5 Å². The molecule has 8 heteroatoms. The Morgan fingerprint density at radius 3 is 2.64 bits per heavy atom. The van der Waals surface area contributed by atoms with Gasteiger partial charge in [-0.15, -0.1) is 11.3 Å². The zero-order valence-corrected chi connectivity index (χ0v) is 13.9. The zero-order chi connectivity index (χ0) is 15.7. The molecule has 22 heavy (non-hydrogen) atoms. The van der Waals surface area contributed by atoms with E-state index in [1.807, 2.05) is 6.07 Å². The summed E-state index contributed by atoms with van der Waals surface area (Å²) in [4.78, 5) is 4.26. The van der Waals surface area contributed by atoms with Gasteiger partial charge in [0.15, 0.2) is 0 Å². The fourth-order valence-corrected chi connectivity index (χ4v) is 5.30. The number of nitrogens with zero attached hydrogens (tertiary/aromatic N) is 1. The van der Waals surface area contributed by atoms with Crippen LogP contribution in [0.5, 0.6) is 0 Å². The van der Waals surface area contributed by atoms with Gasteiger partial charge in [0.2, 0.25) is 0 Å². The van der Waals surface area contributed by atoms with E-state index in [0.29, 0.717) is 22.9 Å². The van der Waals surface area contributed by atoms with Crippen LogP contribution in [0.3, 0.4) is 0 Å². The lowest BCUT2D eigenvalue weighted by Gasteiger charge is -2.37. The van der Waals surface area contributed by atoms with E-state index in [4.69, 9.17) is 11.6 Å². The molecule has 118 valence electrons.